The van der Waals surface area contributed by atoms with Crippen molar-refractivity contribution in [3.63, 3.8) is 0 Å². The molecule has 0 unspecified atom stereocenters. The van der Waals surface area contributed by atoms with Gasteiger partial charge in [0, 0.05) is 16.8 Å². The monoisotopic (exact) mass is 352 g/mol. The number of aromatic nitrogens is 3. The minimum absolute atomic E-state index is 0.154. The highest BCUT2D eigenvalue weighted by molar-refractivity contribution is 8.00. The molecule has 1 aromatic carbocycles. The van der Waals surface area contributed by atoms with E-state index in [-0.39, 0.29) is 22.9 Å². The molecule has 1 atom stereocenters. The van der Waals surface area contributed by atoms with Crippen LogP contribution in [0.1, 0.15) is 31.4 Å². The van der Waals surface area contributed by atoms with Gasteiger partial charge in [-0.25, -0.2) is 9.89 Å². The van der Waals surface area contributed by atoms with Crippen LogP contribution in [0.15, 0.2) is 28.2 Å². The van der Waals surface area contributed by atoms with E-state index in [2.05, 4.69) is 15.5 Å². The molecular weight excluding hydrogens is 336 g/mol. The predicted octanol–water partition coefficient (Wildman–Crippen LogP) is 2.99. The fourth-order valence-electron chi connectivity index (χ4n) is 2.22. The smallest absolute Gasteiger partial charge is 0.325 e. The summed E-state index contributed by atoms with van der Waals surface area (Å²) in [6.45, 7) is 3.64. The van der Waals surface area contributed by atoms with Gasteiger partial charge in [-0.2, -0.15) is 0 Å². The van der Waals surface area contributed by atoms with Crippen LogP contribution >= 0.6 is 23.4 Å². The van der Waals surface area contributed by atoms with E-state index in [1.807, 2.05) is 13.0 Å². The van der Waals surface area contributed by atoms with E-state index >= 15 is 0 Å². The van der Waals surface area contributed by atoms with Gasteiger partial charge < -0.3 is 5.32 Å². The molecule has 2 aromatic rings. The largest absolute Gasteiger partial charge is 0.344 e. The summed E-state index contributed by atoms with van der Waals surface area (Å²) < 4.78 is 1.64. The molecule has 1 aliphatic carbocycles. The molecule has 122 valence electrons. The fraction of sp³-hybridized carbons (Fsp3) is 0.400. The second-order valence-electron chi connectivity index (χ2n) is 5.57. The van der Waals surface area contributed by atoms with Gasteiger partial charge in [-0.1, -0.05) is 29.4 Å². The van der Waals surface area contributed by atoms with Gasteiger partial charge in [0.05, 0.1) is 5.25 Å². The molecule has 3 rings (SSSR count). The van der Waals surface area contributed by atoms with Crippen LogP contribution in [0.2, 0.25) is 5.02 Å². The first-order valence-electron chi connectivity index (χ1n) is 7.37. The van der Waals surface area contributed by atoms with E-state index < -0.39 is 0 Å². The van der Waals surface area contributed by atoms with E-state index in [9.17, 15) is 9.59 Å². The summed E-state index contributed by atoms with van der Waals surface area (Å²) in [7, 11) is 0. The number of H-pyrrole nitrogens is 1. The maximum Gasteiger partial charge on any atom is 0.344 e. The Morgan fingerprint density at radius 3 is 2.96 bits per heavy atom. The maximum absolute atomic E-state index is 12.4. The van der Waals surface area contributed by atoms with Crippen LogP contribution in [-0.4, -0.2) is 25.9 Å². The van der Waals surface area contributed by atoms with Crippen LogP contribution in [0.5, 0.6) is 0 Å². The molecule has 1 fully saturated rings. The summed E-state index contributed by atoms with van der Waals surface area (Å²) in [6, 6.07) is 5.60. The van der Waals surface area contributed by atoms with Crippen molar-refractivity contribution in [2.45, 2.75) is 43.1 Å². The highest BCUT2D eigenvalue weighted by atomic mass is 35.5. The van der Waals surface area contributed by atoms with E-state index in [0.717, 1.165) is 18.4 Å². The molecule has 23 heavy (non-hydrogen) atoms. The molecule has 0 saturated heterocycles. The quantitative estimate of drug-likeness (QED) is 0.811. The van der Waals surface area contributed by atoms with Gasteiger partial charge in [-0.05, 0) is 44.4 Å². The molecule has 6 nitrogen and oxygen atoms in total. The number of nitrogens with zero attached hydrogens (tertiary/aromatic N) is 2. The van der Waals surface area contributed by atoms with Crippen molar-refractivity contribution in [3.8, 4) is 0 Å². The van der Waals surface area contributed by atoms with Crippen molar-refractivity contribution in [3.05, 3.63) is 39.3 Å². The van der Waals surface area contributed by atoms with Gasteiger partial charge >= 0.3 is 5.69 Å². The number of aromatic amines is 1. The SMILES string of the molecule is Cc1c(Cl)cccc1NC(=O)[C@@H](C)Sc1n[nH]c(=O)n1C1CC1. The lowest BCUT2D eigenvalue weighted by atomic mass is 10.2. The number of thioether (sulfide) groups is 1. The zero-order valence-electron chi connectivity index (χ0n) is 12.8. The predicted molar refractivity (Wildman–Crippen MR) is 91.3 cm³/mol. The zero-order chi connectivity index (χ0) is 16.6. The number of amides is 1. The van der Waals surface area contributed by atoms with Crippen molar-refractivity contribution in [2.75, 3.05) is 5.32 Å². The third kappa shape index (κ3) is 3.45. The van der Waals surface area contributed by atoms with Gasteiger partial charge in [0.15, 0.2) is 5.16 Å². The van der Waals surface area contributed by atoms with Gasteiger partial charge in [0.2, 0.25) is 5.91 Å². The topological polar surface area (TPSA) is 79.8 Å². The van der Waals surface area contributed by atoms with Crippen LogP contribution < -0.4 is 11.0 Å². The Kier molecular flexibility index (Phi) is 4.50. The van der Waals surface area contributed by atoms with Crippen LogP contribution in [0.4, 0.5) is 5.69 Å². The molecule has 1 amide bonds. The number of hydrogen-bond donors (Lipinski definition) is 2. The van der Waals surface area contributed by atoms with Crippen LogP contribution in [0.3, 0.4) is 0 Å². The lowest BCUT2D eigenvalue weighted by molar-refractivity contribution is -0.115. The van der Waals surface area contributed by atoms with Gasteiger partial charge in [-0.3, -0.25) is 9.36 Å². The molecule has 0 bridgehead atoms. The third-order valence-corrected chi connectivity index (χ3v) is 5.24. The molecule has 1 aliphatic rings. The van der Waals surface area contributed by atoms with E-state index in [1.54, 1.807) is 23.6 Å². The minimum Gasteiger partial charge on any atom is -0.325 e. The second-order valence-corrected chi connectivity index (χ2v) is 7.29. The number of halogens is 1. The summed E-state index contributed by atoms with van der Waals surface area (Å²) in [4.78, 5) is 24.1. The number of carbonyl (C=O) groups is 1. The molecule has 0 radical (unpaired) electrons. The number of hydrogen-bond acceptors (Lipinski definition) is 4. The molecule has 2 N–H and O–H groups in total. The fourth-order valence-corrected chi connectivity index (χ4v) is 3.32. The third-order valence-electron chi connectivity index (χ3n) is 3.76. The highest BCUT2D eigenvalue weighted by Crippen LogP contribution is 2.37. The van der Waals surface area contributed by atoms with Crippen molar-refractivity contribution in [1.29, 1.82) is 0 Å². The molecule has 1 heterocycles. The van der Waals surface area contributed by atoms with Crippen molar-refractivity contribution in [2.24, 2.45) is 0 Å². The first-order chi connectivity index (χ1) is 11.0. The van der Waals surface area contributed by atoms with Crippen LogP contribution in [0.25, 0.3) is 0 Å². The average molecular weight is 353 g/mol. The summed E-state index contributed by atoms with van der Waals surface area (Å²) >= 11 is 7.34. The van der Waals surface area contributed by atoms with E-state index in [1.165, 1.54) is 11.8 Å². The van der Waals surface area contributed by atoms with Crippen molar-refractivity contribution < 1.29 is 4.79 Å². The zero-order valence-corrected chi connectivity index (χ0v) is 14.4. The number of carbonyl (C=O) groups excluding carboxylic acids is 1. The summed E-state index contributed by atoms with van der Waals surface area (Å²) in [6.07, 6.45) is 1.96. The van der Waals surface area contributed by atoms with Crippen LogP contribution in [-0.2, 0) is 4.79 Å². The average Bonchev–Trinajstić information content (AvgIpc) is 3.28. The normalized spacial score (nSPS) is 15.4. The Morgan fingerprint density at radius 1 is 1.52 bits per heavy atom. The molecule has 0 aliphatic heterocycles. The Labute approximate surface area is 142 Å². The summed E-state index contributed by atoms with van der Waals surface area (Å²) in [5.74, 6) is -0.154. The number of anilines is 1. The lowest BCUT2D eigenvalue weighted by Crippen LogP contribution is -2.24. The Morgan fingerprint density at radius 2 is 2.26 bits per heavy atom. The highest BCUT2D eigenvalue weighted by Gasteiger charge is 2.30. The van der Waals surface area contributed by atoms with Gasteiger partial charge in [-0.15, -0.1) is 5.10 Å². The second kappa shape index (κ2) is 6.41. The van der Waals surface area contributed by atoms with Gasteiger partial charge in [0.25, 0.3) is 0 Å². The summed E-state index contributed by atoms with van der Waals surface area (Å²) in [5.41, 5.74) is 1.30. The molecular formula is C15H17ClN4O2S. The standard InChI is InChI=1S/C15H17ClN4O2S/c1-8-11(16)4-3-5-12(8)17-13(21)9(2)23-15-19-18-14(22)20(15)10-6-7-10/h3-5,9-10H,6-7H2,1-2H3,(H,17,21)(H,18,22)/t9-/m1/s1. The Balaban J connectivity index is 1.71. The Hall–Kier alpha value is -1.73. The lowest BCUT2D eigenvalue weighted by Gasteiger charge is -2.14. The van der Waals surface area contributed by atoms with Crippen LogP contribution in [0, 0.1) is 6.92 Å². The van der Waals surface area contributed by atoms with Crippen molar-refractivity contribution >= 4 is 35.0 Å². The number of nitrogens with one attached hydrogen (secondary N) is 2. The maximum atomic E-state index is 12.4. The van der Waals surface area contributed by atoms with E-state index in [4.69, 9.17) is 11.6 Å². The first-order valence-corrected chi connectivity index (χ1v) is 8.62. The van der Waals surface area contributed by atoms with Gasteiger partial charge in [0.1, 0.15) is 0 Å². The Bertz CT molecular complexity index is 797. The minimum atomic E-state index is -0.388. The molecule has 0 spiro atoms. The number of benzene rings is 1. The van der Waals surface area contributed by atoms with Crippen molar-refractivity contribution in [1.82, 2.24) is 14.8 Å². The number of rotatable bonds is 5. The molecule has 1 aromatic heterocycles. The molecule has 8 heteroatoms. The first kappa shape index (κ1) is 16.1. The molecule has 1 saturated carbocycles. The van der Waals surface area contributed by atoms with E-state index in [0.29, 0.717) is 15.9 Å². The summed E-state index contributed by atoms with van der Waals surface area (Å²) in [5, 5.41) is 10.1.